The number of hydrogen-bond acceptors (Lipinski definition) is 6. The van der Waals surface area contributed by atoms with E-state index in [1.807, 2.05) is 5.32 Å². The summed E-state index contributed by atoms with van der Waals surface area (Å²) < 4.78 is 40.5. The molecule has 0 saturated carbocycles. The Kier molecular flexibility index (Phi) is 4.69. The van der Waals surface area contributed by atoms with E-state index in [1.54, 1.807) is 0 Å². The average Bonchev–Trinajstić information content (AvgIpc) is 2.21. The Balaban J connectivity index is 2.60. The first-order valence-corrected chi connectivity index (χ1v) is 4.87. The van der Waals surface area contributed by atoms with Gasteiger partial charge in [0.15, 0.2) is 6.29 Å². The zero-order chi connectivity index (χ0) is 13.2. The third-order valence-electron chi connectivity index (χ3n) is 2.44. The fourth-order valence-corrected chi connectivity index (χ4v) is 1.55. The van der Waals surface area contributed by atoms with Gasteiger partial charge >= 0.3 is 6.18 Å². The highest BCUT2D eigenvalue weighted by molar-refractivity contribution is 4.92. The highest BCUT2D eigenvalue weighted by atomic mass is 19.4. The normalized spacial score (nSPS) is 39.4. The highest BCUT2D eigenvalue weighted by Crippen LogP contribution is 2.21. The van der Waals surface area contributed by atoms with Gasteiger partial charge in [-0.05, 0) is 0 Å². The van der Waals surface area contributed by atoms with Crippen molar-refractivity contribution >= 4 is 0 Å². The Labute approximate surface area is 94.6 Å². The summed E-state index contributed by atoms with van der Waals surface area (Å²) in [5, 5.41) is 38.8. The number of rotatable bonds is 3. The van der Waals surface area contributed by atoms with Crippen molar-refractivity contribution in [2.45, 2.75) is 36.8 Å². The molecule has 0 aromatic heterocycles. The van der Waals surface area contributed by atoms with Crippen LogP contribution in [-0.4, -0.2) is 70.4 Å². The monoisotopic (exact) mass is 261 g/mol. The number of aliphatic hydroxyl groups is 4. The Morgan fingerprint density at radius 3 is 2.18 bits per heavy atom. The summed E-state index contributed by atoms with van der Waals surface area (Å²) in [6, 6.07) is -1.48. The van der Waals surface area contributed by atoms with E-state index in [0.29, 0.717) is 0 Å². The zero-order valence-electron chi connectivity index (χ0n) is 8.63. The molecule has 1 aliphatic heterocycles. The topological polar surface area (TPSA) is 102 Å². The van der Waals surface area contributed by atoms with Crippen LogP contribution < -0.4 is 5.32 Å². The van der Waals surface area contributed by atoms with Crippen molar-refractivity contribution in [2.75, 3.05) is 13.2 Å². The van der Waals surface area contributed by atoms with Gasteiger partial charge < -0.3 is 25.2 Å². The van der Waals surface area contributed by atoms with Gasteiger partial charge in [0.2, 0.25) is 0 Å². The first-order valence-electron chi connectivity index (χ1n) is 4.87. The Morgan fingerprint density at radius 1 is 1.12 bits per heavy atom. The van der Waals surface area contributed by atoms with Crippen molar-refractivity contribution < 1.29 is 38.3 Å². The second-order valence-electron chi connectivity index (χ2n) is 3.75. The molecule has 1 unspecified atom stereocenters. The number of ether oxygens (including phenoxy) is 1. The van der Waals surface area contributed by atoms with Crippen LogP contribution in [0.2, 0.25) is 0 Å². The minimum atomic E-state index is -4.52. The lowest BCUT2D eigenvalue weighted by Gasteiger charge is -2.40. The standard InChI is InChI=1S/C8H14F3NO5/c9-8(10,11)2-12-4-6(15)5(14)3(1-13)17-7(4)16/h3-7,12-16H,1-2H2/t3-,4-,5+,6-,7?/m1/s1. The fraction of sp³-hybridized carbons (Fsp3) is 1.00. The summed E-state index contributed by atoms with van der Waals surface area (Å²) >= 11 is 0. The predicted molar refractivity (Wildman–Crippen MR) is 47.8 cm³/mol. The number of nitrogens with one attached hydrogen (secondary N) is 1. The highest BCUT2D eigenvalue weighted by Gasteiger charge is 2.44. The van der Waals surface area contributed by atoms with Gasteiger partial charge in [0, 0.05) is 0 Å². The van der Waals surface area contributed by atoms with Crippen LogP contribution in [0.5, 0.6) is 0 Å². The van der Waals surface area contributed by atoms with Crippen LogP contribution in [0.25, 0.3) is 0 Å². The van der Waals surface area contributed by atoms with Crippen LogP contribution in [-0.2, 0) is 4.74 Å². The van der Waals surface area contributed by atoms with E-state index in [4.69, 9.17) is 5.11 Å². The third kappa shape index (κ3) is 3.76. The van der Waals surface area contributed by atoms with E-state index in [2.05, 4.69) is 4.74 Å². The first-order chi connectivity index (χ1) is 7.76. The van der Waals surface area contributed by atoms with Crippen molar-refractivity contribution in [1.29, 1.82) is 0 Å². The molecule has 0 bridgehead atoms. The average molecular weight is 261 g/mol. The van der Waals surface area contributed by atoms with Crippen LogP contribution in [0.4, 0.5) is 13.2 Å². The van der Waals surface area contributed by atoms with Gasteiger partial charge in [0.05, 0.1) is 19.2 Å². The fourth-order valence-electron chi connectivity index (χ4n) is 1.55. The number of alkyl halides is 3. The van der Waals surface area contributed by atoms with Crippen LogP contribution >= 0.6 is 0 Å². The maximum absolute atomic E-state index is 11.9. The molecule has 1 heterocycles. The number of aliphatic hydroxyl groups excluding tert-OH is 4. The van der Waals surface area contributed by atoms with Gasteiger partial charge in [0.25, 0.3) is 0 Å². The molecule has 1 saturated heterocycles. The number of halogens is 3. The molecule has 0 aromatic rings. The van der Waals surface area contributed by atoms with Crippen molar-refractivity contribution in [3.05, 3.63) is 0 Å². The Bertz CT molecular complexity index is 252. The molecule has 5 N–H and O–H groups in total. The summed E-state index contributed by atoms with van der Waals surface area (Å²) in [6.45, 7) is -2.10. The maximum Gasteiger partial charge on any atom is 0.401 e. The minimum absolute atomic E-state index is 0.665. The zero-order valence-corrected chi connectivity index (χ0v) is 8.63. The molecule has 1 fully saturated rings. The molecule has 0 radical (unpaired) electrons. The van der Waals surface area contributed by atoms with Gasteiger partial charge in [-0.2, -0.15) is 13.2 Å². The van der Waals surface area contributed by atoms with Crippen LogP contribution in [0.3, 0.4) is 0 Å². The molecule has 0 amide bonds. The molecule has 9 heteroatoms. The van der Waals surface area contributed by atoms with E-state index >= 15 is 0 Å². The molecule has 102 valence electrons. The van der Waals surface area contributed by atoms with Crippen LogP contribution in [0.15, 0.2) is 0 Å². The summed E-state index contributed by atoms with van der Waals surface area (Å²) in [6.07, 6.45) is -10.7. The summed E-state index contributed by atoms with van der Waals surface area (Å²) in [7, 11) is 0. The lowest BCUT2D eigenvalue weighted by Crippen LogP contribution is -2.64. The minimum Gasteiger partial charge on any atom is -0.394 e. The van der Waals surface area contributed by atoms with Crippen molar-refractivity contribution in [3.8, 4) is 0 Å². The van der Waals surface area contributed by atoms with E-state index in [9.17, 15) is 28.5 Å². The molecule has 0 aliphatic carbocycles. The first kappa shape index (κ1) is 14.6. The smallest absolute Gasteiger partial charge is 0.394 e. The van der Waals surface area contributed by atoms with Crippen molar-refractivity contribution in [1.82, 2.24) is 5.32 Å². The van der Waals surface area contributed by atoms with Crippen LogP contribution in [0, 0.1) is 0 Å². The van der Waals surface area contributed by atoms with Crippen LogP contribution in [0.1, 0.15) is 0 Å². The van der Waals surface area contributed by atoms with Gasteiger partial charge in [-0.1, -0.05) is 0 Å². The largest absolute Gasteiger partial charge is 0.401 e. The molecule has 1 rings (SSSR count). The van der Waals surface area contributed by atoms with Gasteiger partial charge in [-0.25, -0.2) is 0 Å². The van der Waals surface area contributed by atoms with Gasteiger partial charge in [0.1, 0.15) is 18.3 Å². The van der Waals surface area contributed by atoms with E-state index in [0.717, 1.165) is 0 Å². The van der Waals surface area contributed by atoms with E-state index in [1.165, 1.54) is 0 Å². The Morgan fingerprint density at radius 2 is 1.71 bits per heavy atom. The molecule has 0 spiro atoms. The van der Waals surface area contributed by atoms with Gasteiger partial charge in [-0.3, -0.25) is 5.32 Å². The molecule has 1 aliphatic rings. The quantitative estimate of drug-likeness (QED) is 0.400. The molecular weight excluding hydrogens is 247 g/mol. The lowest BCUT2D eigenvalue weighted by atomic mass is 9.97. The second-order valence-corrected chi connectivity index (χ2v) is 3.75. The molecular formula is C8H14F3NO5. The van der Waals surface area contributed by atoms with E-state index in [-0.39, 0.29) is 0 Å². The molecule has 6 nitrogen and oxygen atoms in total. The third-order valence-corrected chi connectivity index (χ3v) is 2.44. The lowest BCUT2D eigenvalue weighted by molar-refractivity contribution is -0.257. The SMILES string of the molecule is OC[C@H]1OC(O)[C@H](NCC(F)(F)F)[C@@H](O)[C@H]1O. The van der Waals surface area contributed by atoms with E-state index < -0.39 is 50.0 Å². The summed E-state index contributed by atoms with van der Waals surface area (Å²) in [4.78, 5) is 0. The molecule has 0 aromatic carbocycles. The van der Waals surface area contributed by atoms with Gasteiger partial charge in [-0.15, -0.1) is 0 Å². The molecule has 17 heavy (non-hydrogen) atoms. The van der Waals surface area contributed by atoms with Crippen molar-refractivity contribution in [2.24, 2.45) is 0 Å². The predicted octanol–water partition coefficient (Wildman–Crippen LogP) is -2.06. The summed E-state index contributed by atoms with van der Waals surface area (Å²) in [5.41, 5.74) is 0. The second kappa shape index (κ2) is 5.46. The number of hydrogen-bond donors (Lipinski definition) is 5. The molecule has 5 atom stereocenters. The maximum atomic E-state index is 11.9. The Hall–Kier alpha value is -0.450. The van der Waals surface area contributed by atoms with Crippen molar-refractivity contribution in [3.63, 3.8) is 0 Å². The summed E-state index contributed by atoms with van der Waals surface area (Å²) in [5.74, 6) is 0.